The predicted molar refractivity (Wildman–Crippen MR) is 91.4 cm³/mol. The van der Waals surface area contributed by atoms with Crippen LogP contribution in [0.3, 0.4) is 0 Å². The number of aliphatic imine (C=N–C) groups is 1. The molecule has 2 N–H and O–H groups in total. The van der Waals surface area contributed by atoms with Gasteiger partial charge in [0.1, 0.15) is 6.54 Å². The number of guanidine groups is 1. The van der Waals surface area contributed by atoms with E-state index in [0.29, 0.717) is 12.5 Å². The molecule has 0 unspecified atom stereocenters. The molecule has 0 saturated heterocycles. The zero-order valence-corrected chi connectivity index (χ0v) is 14.2. The Labute approximate surface area is 135 Å². The Kier molecular flexibility index (Phi) is 6.45. The number of rotatable bonds is 7. The normalized spacial score (nSPS) is 11.9. The maximum atomic E-state index is 5.31. The van der Waals surface area contributed by atoms with Gasteiger partial charge in [-0.25, -0.2) is 4.99 Å². The fourth-order valence-corrected chi connectivity index (χ4v) is 2.64. The SMILES string of the molecule is CCNC(=NCc1cc(C(C)C)no1)NCCc1cccs1. The maximum Gasteiger partial charge on any atom is 0.191 e. The van der Waals surface area contributed by atoms with Crippen LogP contribution in [-0.2, 0) is 13.0 Å². The Morgan fingerprint density at radius 3 is 2.91 bits per heavy atom. The maximum absolute atomic E-state index is 5.31. The van der Waals surface area contributed by atoms with Crippen molar-refractivity contribution in [3.63, 3.8) is 0 Å². The van der Waals surface area contributed by atoms with Crippen LogP contribution in [0.2, 0.25) is 0 Å². The molecule has 0 fully saturated rings. The second-order valence-electron chi connectivity index (χ2n) is 5.32. The van der Waals surface area contributed by atoms with Gasteiger partial charge in [0.2, 0.25) is 0 Å². The van der Waals surface area contributed by atoms with E-state index in [4.69, 9.17) is 4.52 Å². The van der Waals surface area contributed by atoms with Crippen molar-refractivity contribution in [2.75, 3.05) is 13.1 Å². The van der Waals surface area contributed by atoms with Crippen LogP contribution in [-0.4, -0.2) is 24.2 Å². The predicted octanol–water partition coefficient (Wildman–Crippen LogP) is 3.16. The lowest BCUT2D eigenvalue weighted by Crippen LogP contribution is -2.38. The number of nitrogens with one attached hydrogen (secondary N) is 2. The number of nitrogens with zero attached hydrogens (tertiary/aromatic N) is 2. The quantitative estimate of drug-likeness (QED) is 0.608. The summed E-state index contributed by atoms with van der Waals surface area (Å²) in [5.74, 6) is 1.97. The number of hydrogen-bond donors (Lipinski definition) is 2. The molecule has 0 aliphatic heterocycles. The van der Waals surface area contributed by atoms with Gasteiger partial charge in [0.25, 0.3) is 0 Å². The van der Waals surface area contributed by atoms with Gasteiger partial charge in [-0.3, -0.25) is 0 Å². The monoisotopic (exact) mass is 320 g/mol. The van der Waals surface area contributed by atoms with Crippen LogP contribution in [0.5, 0.6) is 0 Å². The molecule has 2 heterocycles. The molecule has 120 valence electrons. The van der Waals surface area contributed by atoms with Crippen molar-refractivity contribution in [2.45, 2.75) is 39.7 Å². The molecule has 0 spiro atoms. The highest BCUT2D eigenvalue weighted by Crippen LogP contribution is 2.14. The van der Waals surface area contributed by atoms with Crippen molar-refractivity contribution in [3.05, 3.63) is 39.9 Å². The third-order valence-corrected chi connectivity index (χ3v) is 4.09. The molecule has 2 aromatic rings. The topological polar surface area (TPSA) is 62.5 Å². The molecule has 0 bridgehead atoms. The van der Waals surface area contributed by atoms with Gasteiger partial charge in [-0.1, -0.05) is 25.1 Å². The van der Waals surface area contributed by atoms with Gasteiger partial charge in [0.15, 0.2) is 11.7 Å². The Morgan fingerprint density at radius 1 is 1.41 bits per heavy atom. The molecule has 0 aliphatic carbocycles. The van der Waals surface area contributed by atoms with Crippen molar-refractivity contribution >= 4 is 17.3 Å². The minimum Gasteiger partial charge on any atom is -0.359 e. The Morgan fingerprint density at radius 2 is 2.27 bits per heavy atom. The summed E-state index contributed by atoms with van der Waals surface area (Å²) in [5.41, 5.74) is 0.973. The fourth-order valence-electron chi connectivity index (χ4n) is 1.93. The smallest absolute Gasteiger partial charge is 0.191 e. The summed E-state index contributed by atoms with van der Waals surface area (Å²) in [5, 5.41) is 12.7. The van der Waals surface area contributed by atoms with Crippen LogP contribution in [0.25, 0.3) is 0 Å². The average molecular weight is 320 g/mol. The van der Waals surface area contributed by atoms with Gasteiger partial charge >= 0.3 is 0 Å². The highest BCUT2D eigenvalue weighted by molar-refractivity contribution is 7.09. The molecular formula is C16H24N4OS. The molecule has 22 heavy (non-hydrogen) atoms. The fraction of sp³-hybridized carbons (Fsp3) is 0.500. The van der Waals surface area contributed by atoms with Crippen LogP contribution in [0.4, 0.5) is 0 Å². The molecular weight excluding hydrogens is 296 g/mol. The van der Waals surface area contributed by atoms with Crippen LogP contribution in [0.15, 0.2) is 33.1 Å². The van der Waals surface area contributed by atoms with E-state index in [2.05, 4.69) is 59.1 Å². The van der Waals surface area contributed by atoms with Crippen molar-refractivity contribution in [2.24, 2.45) is 4.99 Å². The molecule has 0 atom stereocenters. The first kappa shape index (κ1) is 16.5. The van der Waals surface area contributed by atoms with E-state index in [0.717, 1.165) is 36.9 Å². The first-order valence-electron chi connectivity index (χ1n) is 7.69. The molecule has 5 nitrogen and oxygen atoms in total. The summed E-state index contributed by atoms with van der Waals surface area (Å²) < 4.78 is 5.31. The van der Waals surface area contributed by atoms with Gasteiger partial charge in [-0.05, 0) is 30.7 Å². The summed E-state index contributed by atoms with van der Waals surface area (Å²) >= 11 is 1.78. The van der Waals surface area contributed by atoms with E-state index in [1.807, 2.05) is 6.07 Å². The lowest BCUT2D eigenvalue weighted by molar-refractivity contribution is 0.376. The third-order valence-electron chi connectivity index (χ3n) is 3.15. The van der Waals surface area contributed by atoms with E-state index in [9.17, 15) is 0 Å². The Bertz CT molecular complexity index is 575. The van der Waals surface area contributed by atoms with Crippen LogP contribution in [0, 0.1) is 0 Å². The summed E-state index contributed by atoms with van der Waals surface area (Å²) in [6.07, 6.45) is 1.00. The lowest BCUT2D eigenvalue weighted by Gasteiger charge is -2.10. The Balaban J connectivity index is 1.85. The standard InChI is InChI=1S/C16H24N4OS/c1-4-17-16(18-8-7-14-6-5-9-22-14)19-11-13-10-15(12(2)3)20-21-13/h5-6,9-10,12H,4,7-8,11H2,1-3H3,(H2,17,18,19). The minimum atomic E-state index is 0.374. The minimum absolute atomic E-state index is 0.374. The van der Waals surface area contributed by atoms with Crippen LogP contribution in [0.1, 0.15) is 43.0 Å². The van der Waals surface area contributed by atoms with Gasteiger partial charge in [0.05, 0.1) is 5.69 Å². The Hall–Kier alpha value is -1.82. The summed E-state index contributed by atoms with van der Waals surface area (Å²) in [6.45, 7) is 8.44. The van der Waals surface area contributed by atoms with E-state index >= 15 is 0 Å². The first-order valence-corrected chi connectivity index (χ1v) is 8.57. The molecule has 0 saturated carbocycles. The van der Waals surface area contributed by atoms with Crippen molar-refractivity contribution in [1.29, 1.82) is 0 Å². The number of aromatic nitrogens is 1. The molecule has 0 amide bonds. The average Bonchev–Trinajstić information content (AvgIpc) is 3.16. The second kappa shape index (κ2) is 8.58. The molecule has 0 aliphatic rings. The van der Waals surface area contributed by atoms with E-state index in [1.165, 1.54) is 4.88 Å². The first-order chi connectivity index (χ1) is 10.7. The molecule has 2 aromatic heterocycles. The molecule has 6 heteroatoms. The van der Waals surface area contributed by atoms with Gasteiger partial charge in [0, 0.05) is 24.0 Å². The number of thiophene rings is 1. The zero-order chi connectivity index (χ0) is 15.8. The lowest BCUT2D eigenvalue weighted by atomic mass is 10.1. The van der Waals surface area contributed by atoms with Crippen molar-refractivity contribution in [3.8, 4) is 0 Å². The highest BCUT2D eigenvalue weighted by atomic mass is 32.1. The molecule has 0 radical (unpaired) electrons. The zero-order valence-electron chi connectivity index (χ0n) is 13.4. The van der Waals surface area contributed by atoms with Crippen LogP contribution < -0.4 is 10.6 Å². The molecule has 2 rings (SSSR count). The van der Waals surface area contributed by atoms with Gasteiger partial charge < -0.3 is 15.2 Å². The highest BCUT2D eigenvalue weighted by Gasteiger charge is 2.07. The second-order valence-corrected chi connectivity index (χ2v) is 6.36. The summed E-state index contributed by atoms with van der Waals surface area (Å²) in [4.78, 5) is 5.91. The van der Waals surface area contributed by atoms with E-state index in [-0.39, 0.29) is 0 Å². The van der Waals surface area contributed by atoms with Gasteiger partial charge in [-0.2, -0.15) is 0 Å². The van der Waals surface area contributed by atoms with E-state index in [1.54, 1.807) is 11.3 Å². The third kappa shape index (κ3) is 5.18. The molecule has 0 aromatic carbocycles. The van der Waals surface area contributed by atoms with Crippen molar-refractivity contribution in [1.82, 2.24) is 15.8 Å². The largest absolute Gasteiger partial charge is 0.359 e. The van der Waals surface area contributed by atoms with Crippen molar-refractivity contribution < 1.29 is 4.52 Å². The van der Waals surface area contributed by atoms with Crippen LogP contribution >= 0.6 is 11.3 Å². The van der Waals surface area contributed by atoms with E-state index < -0.39 is 0 Å². The summed E-state index contributed by atoms with van der Waals surface area (Å²) in [7, 11) is 0. The van der Waals surface area contributed by atoms with Gasteiger partial charge in [-0.15, -0.1) is 11.3 Å². The summed E-state index contributed by atoms with van der Waals surface area (Å²) in [6, 6.07) is 6.21. The number of hydrogen-bond acceptors (Lipinski definition) is 4.